The number of nitrogens with one attached hydrogen (secondary N) is 1. The molecule has 5 unspecified atom stereocenters. The molecule has 1 saturated heterocycles. The summed E-state index contributed by atoms with van der Waals surface area (Å²) in [7, 11) is 1.38. The van der Waals surface area contributed by atoms with Crippen LogP contribution in [0.3, 0.4) is 0 Å². The largest absolute Gasteiger partial charge is 0.396 e. The molecular weight excluding hydrogens is 427 g/mol. The van der Waals surface area contributed by atoms with Crippen LogP contribution in [-0.4, -0.2) is 52.7 Å². The fraction of sp³-hybridized carbons (Fsp3) is 0.714. The van der Waals surface area contributed by atoms with Gasteiger partial charge in [0.25, 0.3) is 11.5 Å². The number of H-pyrrole nitrogens is 1. The van der Waals surface area contributed by atoms with Crippen molar-refractivity contribution < 1.29 is 17.9 Å². The number of nitrogens with zero attached hydrogens (tertiary/aromatic N) is 2. The molecule has 0 bridgehead atoms. The predicted molar refractivity (Wildman–Crippen MR) is 111 cm³/mol. The van der Waals surface area contributed by atoms with Gasteiger partial charge in [0.05, 0.1) is 29.0 Å². The van der Waals surface area contributed by atoms with E-state index < -0.39 is 47.1 Å². The van der Waals surface area contributed by atoms with Gasteiger partial charge in [0.15, 0.2) is 0 Å². The number of aromatic amines is 1. The summed E-state index contributed by atoms with van der Waals surface area (Å²) in [6.07, 6.45) is 1.22. The van der Waals surface area contributed by atoms with Gasteiger partial charge in [-0.15, -0.1) is 0 Å². The molecule has 5 N–H and O–H groups in total. The van der Waals surface area contributed by atoms with Crippen LogP contribution in [0.25, 0.3) is 5.70 Å². The number of aromatic nitrogens is 2. The first-order chi connectivity index (χ1) is 15.2. The van der Waals surface area contributed by atoms with Crippen molar-refractivity contribution in [2.24, 2.45) is 23.3 Å². The molecule has 4 aliphatic rings. The van der Waals surface area contributed by atoms with Gasteiger partial charge in [-0.05, 0) is 37.5 Å². The van der Waals surface area contributed by atoms with E-state index in [0.717, 1.165) is 12.8 Å². The van der Waals surface area contributed by atoms with Gasteiger partial charge in [0.1, 0.15) is 11.9 Å². The van der Waals surface area contributed by atoms with Crippen molar-refractivity contribution in [2.75, 3.05) is 20.2 Å². The molecule has 0 amide bonds. The van der Waals surface area contributed by atoms with Gasteiger partial charge < -0.3 is 16.2 Å². The number of hydrogen-bond acceptors (Lipinski definition) is 6. The van der Waals surface area contributed by atoms with E-state index in [-0.39, 0.29) is 41.9 Å². The number of ether oxygens (including phenoxy) is 1. The lowest BCUT2D eigenvalue weighted by molar-refractivity contribution is -0.0470. The summed E-state index contributed by atoms with van der Waals surface area (Å²) < 4.78 is 51.6. The van der Waals surface area contributed by atoms with E-state index in [4.69, 9.17) is 16.2 Å². The topological polar surface area (TPSA) is 119 Å². The molecule has 11 heteroatoms. The van der Waals surface area contributed by atoms with Crippen LogP contribution in [0.5, 0.6) is 0 Å². The minimum absolute atomic E-state index is 0.0891. The minimum Gasteiger partial charge on any atom is -0.396 e. The number of rotatable bonds is 3. The van der Waals surface area contributed by atoms with Gasteiger partial charge in [0.2, 0.25) is 0 Å². The number of nitrogens with two attached hydrogens (primary N) is 2. The second kappa shape index (κ2) is 7.46. The maximum absolute atomic E-state index is 15.7. The fourth-order valence-corrected chi connectivity index (χ4v) is 5.90. The monoisotopic (exact) mass is 455 g/mol. The number of halogens is 3. The smallest absolute Gasteiger partial charge is 0.328 e. The molecule has 5 rings (SSSR count). The molecule has 2 heterocycles. The zero-order valence-corrected chi connectivity index (χ0v) is 17.8. The average Bonchev–Trinajstić information content (AvgIpc) is 3.49. The standard InChI is InChI=1S/C21H28F3N5O3/c1-32-17-15-12(19(30)27-20(31)29(15)10-4-5-10)14(25)13(22)16(17)28-7-9-3-2-6-21(23,24)18(26)11(9)8-28/h9-11,16-18H,2-8,25-26H2,1H3,(H,27,30,31). The summed E-state index contributed by atoms with van der Waals surface area (Å²) in [5.41, 5.74) is 10.6. The Hall–Kier alpha value is -2.11. The third-order valence-corrected chi connectivity index (χ3v) is 7.64. The Morgan fingerprint density at radius 2 is 1.91 bits per heavy atom. The van der Waals surface area contributed by atoms with Crippen molar-refractivity contribution in [1.82, 2.24) is 14.5 Å². The normalized spacial score (nSPS) is 34.8. The predicted octanol–water partition coefficient (Wildman–Crippen LogP) is 1.23. The molecule has 0 radical (unpaired) electrons. The molecule has 2 saturated carbocycles. The van der Waals surface area contributed by atoms with E-state index in [1.54, 1.807) is 4.90 Å². The van der Waals surface area contributed by atoms with Gasteiger partial charge in [-0.1, -0.05) is 0 Å². The van der Waals surface area contributed by atoms with E-state index in [9.17, 15) is 18.4 Å². The zero-order valence-electron chi connectivity index (χ0n) is 17.8. The molecule has 1 aromatic rings. The van der Waals surface area contributed by atoms with E-state index in [0.29, 0.717) is 19.4 Å². The molecule has 5 atom stereocenters. The van der Waals surface area contributed by atoms with E-state index in [1.807, 2.05) is 0 Å². The number of hydrogen-bond donors (Lipinski definition) is 3. The van der Waals surface area contributed by atoms with Crippen LogP contribution in [0.1, 0.15) is 55.5 Å². The first-order valence-corrected chi connectivity index (χ1v) is 11.1. The van der Waals surface area contributed by atoms with Crippen molar-refractivity contribution in [2.45, 2.75) is 62.3 Å². The quantitative estimate of drug-likeness (QED) is 0.631. The summed E-state index contributed by atoms with van der Waals surface area (Å²) >= 11 is 0. The first-order valence-electron chi connectivity index (χ1n) is 11.1. The van der Waals surface area contributed by atoms with Crippen molar-refractivity contribution in [1.29, 1.82) is 0 Å². The summed E-state index contributed by atoms with van der Waals surface area (Å²) in [6, 6.07) is -2.45. The van der Waals surface area contributed by atoms with Crippen LogP contribution in [0.4, 0.5) is 13.2 Å². The lowest BCUT2D eigenvalue weighted by Gasteiger charge is -2.38. The molecule has 0 spiro atoms. The van der Waals surface area contributed by atoms with Crippen LogP contribution in [-0.2, 0) is 4.74 Å². The Morgan fingerprint density at radius 1 is 1.19 bits per heavy atom. The molecule has 3 aliphatic carbocycles. The lowest BCUT2D eigenvalue weighted by atomic mass is 9.87. The lowest BCUT2D eigenvalue weighted by Crippen LogP contribution is -2.50. The van der Waals surface area contributed by atoms with E-state index in [1.165, 1.54) is 11.7 Å². The Labute approximate surface area is 182 Å². The van der Waals surface area contributed by atoms with Gasteiger partial charge in [-0.25, -0.2) is 18.0 Å². The molecule has 32 heavy (non-hydrogen) atoms. The Bertz CT molecular complexity index is 1080. The fourth-order valence-electron chi connectivity index (χ4n) is 5.90. The number of alkyl halides is 2. The van der Waals surface area contributed by atoms with Gasteiger partial charge in [-0.2, -0.15) is 0 Å². The van der Waals surface area contributed by atoms with Crippen LogP contribution in [0.2, 0.25) is 0 Å². The molecular formula is C21H28F3N5O3. The Morgan fingerprint density at radius 3 is 2.56 bits per heavy atom. The highest BCUT2D eigenvalue weighted by Gasteiger charge is 2.53. The SMILES string of the molecule is COC1c2c(c(=O)[nH]c(=O)n2C2CC2)C(N)=C(F)C1N1CC2CCCC(F)(F)C(N)C2C1. The Balaban J connectivity index is 1.58. The van der Waals surface area contributed by atoms with Crippen molar-refractivity contribution in [3.05, 3.63) is 37.9 Å². The Kier molecular flexibility index (Phi) is 5.06. The number of methoxy groups -OCH3 is 1. The first kappa shape index (κ1) is 21.7. The van der Waals surface area contributed by atoms with Gasteiger partial charge in [0, 0.05) is 32.7 Å². The molecule has 1 aliphatic heterocycles. The highest BCUT2D eigenvalue weighted by molar-refractivity contribution is 5.70. The highest BCUT2D eigenvalue weighted by Crippen LogP contribution is 2.47. The van der Waals surface area contributed by atoms with Crippen LogP contribution in [0, 0.1) is 11.8 Å². The molecule has 0 aromatic carbocycles. The third kappa shape index (κ3) is 3.16. The summed E-state index contributed by atoms with van der Waals surface area (Å²) in [5, 5.41) is 0. The van der Waals surface area contributed by atoms with Crippen molar-refractivity contribution in [3.8, 4) is 0 Å². The molecule has 8 nitrogen and oxygen atoms in total. The molecule has 176 valence electrons. The summed E-state index contributed by atoms with van der Waals surface area (Å²) in [6.45, 7) is 0.532. The average molecular weight is 455 g/mol. The molecule has 3 fully saturated rings. The van der Waals surface area contributed by atoms with Crippen LogP contribution in [0.15, 0.2) is 15.4 Å². The third-order valence-electron chi connectivity index (χ3n) is 7.64. The zero-order chi connectivity index (χ0) is 22.9. The highest BCUT2D eigenvalue weighted by atomic mass is 19.3. The minimum atomic E-state index is -2.97. The summed E-state index contributed by atoms with van der Waals surface area (Å²) in [4.78, 5) is 29.2. The van der Waals surface area contributed by atoms with Gasteiger partial charge >= 0.3 is 5.69 Å². The van der Waals surface area contributed by atoms with Crippen molar-refractivity contribution in [3.63, 3.8) is 0 Å². The van der Waals surface area contributed by atoms with Crippen LogP contribution >= 0.6 is 0 Å². The van der Waals surface area contributed by atoms with Crippen LogP contribution < -0.4 is 22.7 Å². The van der Waals surface area contributed by atoms with E-state index >= 15 is 4.39 Å². The van der Waals surface area contributed by atoms with E-state index in [2.05, 4.69) is 4.98 Å². The second-order valence-electron chi connectivity index (χ2n) is 9.54. The maximum Gasteiger partial charge on any atom is 0.328 e. The maximum atomic E-state index is 15.7. The number of likely N-dealkylation sites (tertiary alicyclic amines) is 1. The number of fused-ring (bicyclic) bond motifs is 2. The second-order valence-corrected chi connectivity index (χ2v) is 9.54. The molecule has 1 aromatic heterocycles. The summed E-state index contributed by atoms with van der Waals surface area (Å²) in [5.74, 6) is -4.31. The van der Waals surface area contributed by atoms with Gasteiger partial charge in [-0.3, -0.25) is 19.2 Å². The van der Waals surface area contributed by atoms with Crippen molar-refractivity contribution >= 4 is 5.70 Å².